The summed E-state index contributed by atoms with van der Waals surface area (Å²) in [5.74, 6) is 0.559. The van der Waals surface area contributed by atoms with E-state index in [9.17, 15) is 14.0 Å². The highest BCUT2D eigenvalue weighted by molar-refractivity contribution is 7.99. The summed E-state index contributed by atoms with van der Waals surface area (Å²) >= 11 is 1.49. The number of hydrogen-bond donors (Lipinski definition) is 0. The first-order valence-electron chi connectivity index (χ1n) is 12.1. The Labute approximate surface area is 229 Å². The second kappa shape index (κ2) is 12.2. The van der Waals surface area contributed by atoms with E-state index >= 15 is 0 Å². The molecule has 0 N–H and O–H groups in total. The first kappa shape index (κ1) is 27.9. The third-order valence-electron chi connectivity index (χ3n) is 5.95. The molecule has 11 heteroatoms. The van der Waals surface area contributed by atoms with Gasteiger partial charge in [-0.3, -0.25) is 14.2 Å². The molecule has 4 rings (SSSR count). The Balaban J connectivity index is 1.79. The number of benzene rings is 2. The van der Waals surface area contributed by atoms with Crippen LogP contribution in [-0.2, 0) is 14.3 Å². The lowest BCUT2D eigenvalue weighted by molar-refractivity contribution is -0.140. The van der Waals surface area contributed by atoms with E-state index in [0.29, 0.717) is 34.2 Å². The van der Waals surface area contributed by atoms with Crippen molar-refractivity contribution < 1.29 is 28.2 Å². The van der Waals surface area contributed by atoms with E-state index in [-0.39, 0.29) is 30.7 Å². The van der Waals surface area contributed by atoms with Crippen molar-refractivity contribution in [2.45, 2.75) is 18.2 Å². The van der Waals surface area contributed by atoms with Gasteiger partial charge in [-0.2, -0.15) is 0 Å². The zero-order valence-electron chi connectivity index (χ0n) is 22.4. The summed E-state index contributed by atoms with van der Waals surface area (Å²) in [6.07, 6.45) is 2.18. The Bertz CT molecular complexity index is 1520. The van der Waals surface area contributed by atoms with E-state index in [1.54, 1.807) is 26.2 Å². The fourth-order valence-electron chi connectivity index (χ4n) is 3.85. The summed E-state index contributed by atoms with van der Waals surface area (Å²) in [4.78, 5) is 35.5. The fourth-order valence-corrected chi connectivity index (χ4v) is 4.90. The second-order valence-corrected chi connectivity index (χ2v) is 9.93. The summed E-state index contributed by atoms with van der Waals surface area (Å²) in [5.41, 5.74) is 2.56. The molecule has 2 aromatic carbocycles. The lowest BCUT2D eigenvalue weighted by Gasteiger charge is -2.12. The molecule has 0 atom stereocenters. The molecule has 2 heterocycles. The van der Waals surface area contributed by atoms with E-state index in [2.05, 4.69) is 4.98 Å². The van der Waals surface area contributed by atoms with Crippen LogP contribution in [0.2, 0.25) is 0 Å². The van der Waals surface area contributed by atoms with Crippen molar-refractivity contribution in [2.24, 2.45) is 0 Å². The number of carbonyl (C=O) groups excluding carboxylic acids is 2. The number of nitrogens with zero attached hydrogens (tertiary/aromatic N) is 4. The van der Waals surface area contributed by atoms with Crippen LogP contribution in [0.1, 0.15) is 12.1 Å². The molecule has 0 unspecified atom stereocenters. The molecule has 204 valence electrons. The highest BCUT2D eigenvalue weighted by Crippen LogP contribution is 2.35. The molecule has 0 fully saturated rings. The zero-order valence-corrected chi connectivity index (χ0v) is 23.2. The van der Waals surface area contributed by atoms with Gasteiger partial charge in [0.15, 0.2) is 24.0 Å². The third kappa shape index (κ3) is 6.31. The average Bonchev–Trinajstić information content (AvgIpc) is 3.30. The zero-order chi connectivity index (χ0) is 28.1. The topological polar surface area (TPSA) is 95.8 Å². The number of carbonyl (C=O) groups is 2. The number of likely N-dealkylation sites (N-methyl/N-ethyl adjacent to an activating group) is 1. The van der Waals surface area contributed by atoms with Gasteiger partial charge in [0.25, 0.3) is 5.91 Å². The summed E-state index contributed by atoms with van der Waals surface area (Å²) in [6, 6.07) is 11.9. The average molecular weight is 553 g/mol. The van der Waals surface area contributed by atoms with Crippen molar-refractivity contribution in [1.82, 2.24) is 19.4 Å². The van der Waals surface area contributed by atoms with Crippen LogP contribution >= 0.6 is 11.8 Å². The van der Waals surface area contributed by atoms with E-state index in [4.69, 9.17) is 19.2 Å². The molecule has 0 aliphatic rings. The Hall–Kier alpha value is -4.12. The van der Waals surface area contributed by atoms with E-state index in [1.807, 2.05) is 35.9 Å². The fraction of sp³-hybridized carbons (Fsp3) is 0.286. The Morgan fingerprint density at radius 1 is 1.10 bits per heavy atom. The van der Waals surface area contributed by atoms with E-state index < -0.39 is 5.82 Å². The largest absolute Gasteiger partial charge is 0.494 e. The van der Waals surface area contributed by atoms with Crippen LogP contribution in [0.4, 0.5) is 4.39 Å². The van der Waals surface area contributed by atoms with Gasteiger partial charge >= 0.3 is 5.97 Å². The third-order valence-corrected chi connectivity index (χ3v) is 6.98. The van der Waals surface area contributed by atoms with Crippen molar-refractivity contribution >= 4 is 34.7 Å². The Morgan fingerprint density at radius 2 is 1.90 bits per heavy atom. The van der Waals surface area contributed by atoms with Gasteiger partial charge in [0, 0.05) is 42.6 Å². The molecule has 1 amide bonds. The molecule has 0 saturated carbocycles. The lowest BCUT2D eigenvalue weighted by Crippen LogP contribution is -2.27. The van der Waals surface area contributed by atoms with Gasteiger partial charge in [0.1, 0.15) is 11.4 Å². The van der Waals surface area contributed by atoms with Gasteiger partial charge in [-0.1, -0.05) is 6.07 Å². The molecule has 0 aliphatic heterocycles. The summed E-state index contributed by atoms with van der Waals surface area (Å²) in [7, 11) is 6.11. The van der Waals surface area contributed by atoms with Gasteiger partial charge < -0.3 is 19.1 Å². The highest BCUT2D eigenvalue weighted by atomic mass is 32.2. The number of hydrogen-bond acceptors (Lipinski definition) is 8. The molecule has 0 radical (unpaired) electrons. The minimum absolute atomic E-state index is 0.0913. The SMILES string of the molecule is COC(=O)CCSc1cn(-c2cccc(OCC(=O)N(C)C)c2)c2nc(-c3ccc(OC)c(F)c3)nc(C)c12. The van der Waals surface area contributed by atoms with Crippen molar-refractivity contribution in [3.8, 4) is 28.6 Å². The number of amides is 1. The highest BCUT2D eigenvalue weighted by Gasteiger charge is 2.19. The summed E-state index contributed by atoms with van der Waals surface area (Å²) in [6.45, 7) is 1.78. The maximum Gasteiger partial charge on any atom is 0.306 e. The van der Waals surface area contributed by atoms with Crippen LogP contribution in [0.5, 0.6) is 11.5 Å². The first-order valence-corrected chi connectivity index (χ1v) is 13.1. The number of methoxy groups -OCH3 is 2. The smallest absolute Gasteiger partial charge is 0.306 e. The Kier molecular flexibility index (Phi) is 8.70. The van der Waals surface area contributed by atoms with Gasteiger partial charge in [-0.05, 0) is 37.3 Å². The minimum atomic E-state index is -0.511. The number of ether oxygens (including phenoxy) is 3. The van der Waals surface area contributed by atoms with Gasteiger partial charge in [-0.25, -0.2) is 14.4 Å². The Morgan fingerprint density at radius 3 is 2.59 bits per heavy atom. The maximum atomic E-state index is 14.5. The molecular weight excluding hydrogens is 523 g/mol. The molecule has 0 aliphatic carbocycles. The van der Waals surface area contributed by atoms with Crippen molar-refractivity contribution in [1.29, 1.82) is 0 Å². The predicted octanol–water partition coefficient (Wildman–Crippen LogP) is 4.67. The second-order valence-electron chi connectivity index (χ2n) is 8.79. The van der Waals surface area contributed by atoms with Gasteiger partial charge in [0.2, 0.25) is 0 Å². The van der Waals surface area contributed by atoms with Crippen molar-refractivity contribution in [2.75, 3.05) is 40.7 Å². The number of thioether (sulfide) groups is 1. The van der Waals surface area contributed by atoms with Crippen LogP contribution in [0.3, 0.4) is 0 Å². The first-order chi connectivity index (χ1) is 18.7. The van der Waals surface area contributed by atoms with Gasteiger partial charge in [0.05, 0.1) is 37.4 Å². The van der Waals surface area contributed by atoms with E-state index in [1.165, 1.54) is 43.0 Å². The molecule has 4 aromatic rings. The number of esters is 1. The molecule has 0 saturated heterocycles. The molecule has 39 heavy (non-hydrogen) atoms. The van der Waals surface area contributed by atoms with Crippen LogP contribution in [0, 0.1) is 12.7 Å². The molecule has 9 nitrogen and oxygen atoms in total. The number of halogens is 1. The van der Waals surface area contributed by atoms with Crippen LogP contribution in [-0.4, -0.2) is 72.0 Å². The number of rotatable bonds is 10. The summed E-state index contributed by atoms with van der Waals surface area (Å²) in [5, 5.41) is 0.816. The summed E-state index contributed by atoms with van der Waals surface area (Å²) < 4.78 is 31.9. The monoisotopic (exact) mass is 552 g/mol. The van der Waals surface area contributed by atoms with Crippen LogP contribution in [0.15, 0.2) is 53.6 Å². The van der Waals surface area contributed by atoms with Crippen LogP contribution in [0.25, 0.3) is 28.1 Å². The number of aryl methyl sites for hydroxylation is 1. The standard InChI is InChI=1S/C28H29FN4O5S/c1-17-26-23(39-12-11-25(35)37-5)15-33(19-7-6-8-20(14-19)38-16-24(34)32(2)3)28(26)31-27(30-17)18-9-10-22(36-4)21(29)13-18/h6-10,13-15H,11-12,16H2,1-5H3. The lowest BCUT2D eigenvalue weighted by atomic mass is 10.2. The van der Waals surface area contributed by atoms with Crippen LogP contribution < -0.4 is 9.47 Å². The van der Waals surface area contributed by atoms with E-state index in [0.717, 1.165) is 16.0 Å². The molecule has 2 aromatic heterocycles. The normalized spacial score (nSPS) is 10.9. The predicted molar refractivity (Wildman–Crippen MR) is 147 cm³/mol. The maximum absolute atomic E-state index is 14.5. The quantitative estimate of drug-likeness (QED) is 0.207. The van der Waals surface area contributed by atoms with Crippen molar-refractivity contribution in [3.63, 3.8) is 0 Å². The van der Waals surface area contributed by atoms with Gasteiger partial charge in [-0.15, -0.1) is 11.8 Å². The van der Waals surface area contributed by atoms with Crippen molar-refractivity contribution in [3.05, 3.63) is 60.2 Å². The minimum Gasteiger partial charge on any atom is -0.494 e. The number of fused-ring (bicyclic) bond motifs is 1. The molecule has 0 bridgehead atoms. The molecular formula is C28H29FN4O5S. The molecule has 0 spiro atoms. The number of aromatic nitrogens is 3.